The van der Waals surface area contributed by atoms with Crippen LogP contribution in [0, 0.1) is 6.92 Å². The average molecular weight is 437 g/mol. The van der Waals surface area contributed by atoms with Gasteiger partial charge in [0.25, 0.3) is 11.5 Å². The zero-order valence-corrected chi connectivity index (χ0v) is 17.3. The molecule has 3 aromatic rings. The SMILES string of the molecule is Cc1c(C(=O)N2CCN(CC(F)(F)F)CC2(C)C)cnn1-c1nn2cccc2c(=O)[nH]1. The lowest BCUT2D eigenvalue weighted by atomic mass is 9.97. The molecule has 3 aromatic heterocycles. The Morgan fingerprint density at radius 2 is 2.03 bits per heavy atom. The van der Waals surface area contributed by atoms with E-state index in [4.69, 9.17) is 0 Å². The minimum absolute atomic E-state index is 0.102. The fraction of sp³-hybridized carbons (Fsp3) is 0.474. The Balaban J connectivity index is 1.60. The maximum atomic E-state index is 13.2. The smallest absolute Gasteiger partial charge is 0.331 e. The predicted octanol–water partition coefficient (Wildman–Crippen LogP) is 1.62. The molecule has 12 heteroatoms. The molecule has 9 nitrogen and oxygen atoms in total. The van der Waals surface area contributed by atoms with Crippen molar-refractivity contribution < 1.29 is 18.0 Å². The van der Waals surface area contributed by atoms with Crippen LogP contribution < -0.4 is 5.56 Å². The number of carbonyl (C=O) groups is 1. The van der Waals surface area contributed by atoms with E-state index < -0.39 is 18.3 Å². The number of alkyl halides is 3. The van der Waals surface area contributed by atoms with E-state index in [9.17, 15) is 22.8 Å². The van der Waals surface area contributed by atoms with E-state index in [-0.39, 0.29) is 37.0 Å². The van der Waals surface area contributed by atoms with Crippen LogP contribution in [0.2, 0.25) is 0 Å². The van der Waals surface area contributed by atoms with Gasteiger partial charge in [0.05, 0.1) is 29.5 Å². The van der Waals surface area contributed by atoms with Gasteiger partial charge in [0.2, 0.25) is 5.95 Å². The molecule has 0 spiro atoms. The summed E-state index contributed by atoms with van der Waals surface area (Å²) in [4.78, 5) is 31.0. The molecule has 1 aliphatic rings. The van der Waals surface area contributed by atoms with Crippen molar-refractivity contribution >= 4 is 11.4 Å². The van der Waals surface area contributed by atoms with Crippen molar-refractivity contribution in [1.29, 1.82) is 0 Å². The van der Waals surface area contributed by atoms with E-state index in [1.807, 2.05) is 0 Å². The highest BCUT2D eigenvalue weighted by atomic mass is 19.4. The van der Waals surface area contributed by atoms with Crippen LogP contribution in [-0.2, 0) is 0 Å². The van der Waals surface area contributed by atoms with Gasteiger partial charge in [-0.25, -0.2) is 9.20 Å². The van der Waals surface area contributed by atoms with Gasteiger partial charge in [0.15, 0.2) is 0 Å². The van der Waals surface area contributed by atoms with Crippen LogP contribution in [-0.4, -0.2) is 78.0 Å². The number of nitrogens with zero attached hydrogens (tertiary/aromatic N) is 6. The zero-order valence-electron chi connectivity index (χ0n) is 17.3. The van der Waals surface area contributed by atoms with Crippen LogP contribution in [0.4, 0.5) is 13.2 Å². The molecule has 0 saturated carbocycles. The second-order valence-electron chi connectivity index (χ2n) is 8.27. The maximum Gasteiger partial charge on any atom is 0.401 e. The Labute approximate surface area is 175 Å². The van der Waals surface area contributed by atoms with Crippen molar-refractivity contribution in [1.82, 2.24) is 34.2 Å². The number of hydrogen-bond donors (Lipinski definition) is 1. The minimum Gasteiger partial charge on any atom is -0.331 e. The van der Waals surface area contributed by atoms with Gasteiger partial charge in [-0.3, -0.25) is 19.5 Å². The molecule has 0 atom stereocenters. The lowest BCUT2D eigenvalue weighted by Gasteiger charge is -2.47. The lowest BCUT2D eigenvalue weighted by molar-refractivity contribution is -0.153. The van der Waals surface area contributed by atoms with Gasteiger partial charge in [0.1, 0.15) is 5.52 Å². The number of aromatic amines is 1. The number of H-pyrrole nitrogens is 1. The van der Waals surface area contributed by atoms with Crippen molar-refractivity contribution in [3.8, 4) is 5.95 Å². The fourth-order valence-electron chi connectivity index (χ4n) is 4.03. The summed E-state index contributed by atoms with van der Waals surface area (Å²) in [5.41, 5.74) is -0.00467. The Hall–Kier alpha value is -3.15. The van der Waals surface area contributed by atoms with Gasteiger partial charge < -0.3 is 4.90 Å². The molecule has 1 N–H and O–H groups in total. The van der Waals surface area contributed by atoms with Crippen LogP contribution in [0.5, 0.6) is 0 Å². The van der Waals surface area contributed by atoms with Gasteiger partial charge in [-0.2, -0.15) is 18.3 Å². The molecule has 1 fully saturated rings. The number of aromatic nitrogens is 5. The Bertz CT molecular complexity index is 1190. The molecule has 1 saturated heterocycles. The van der Waals surface area contributed by atoms with Crippen molar-refractivity contribution in [2.24, 2.45) is 0 Å². The minimum atomic E-state index is -4.29. The van der Waals surface area contributed by atoms with Crippen molar-refractivity contribution in [2.45, 2.75) is 32.5 Å². The molecule has 166 valence electrons. The maximum absolute atomic E-state index is 13.2. The van der Waals surface area contributed by atoms with Gasteiger partial charge in [0, 0.05) is 25.8 Å². The number of carbonyl (C=O) groups excluding carboxylic acids is 1. The summed E-state index contributed by atoms with van der Waals surface area (Å²) >= 11 is 0. The van der Waals surface area contributed by atoms with Crippen molar-refractivity contribution in [3.05, 3.63) is 46.1 Å². The summed E-state index contributed by atoms with van der Waals surface area (Å²) < 4.78 is 41.1. The number of rotatable bonds is 3. The molecule has 0 unspecified atom stereocenters. The second kappa shape index (κ2) is 7.22. The highest BCUT2D eigenvalue weighted by Crippen LogP contribution is 2.27. The number of hydrogen-bond acceptors (Lipinski definition) is 5. The number of amides is 1. The van der Waals surface area contributed by atoms with E-state index in [1.165, 1.54) is 20.3 Å². The third kappa shape index (κ3) is 3.94. The normalized spacial score (nSPS) is 17.4. The molecular formula is C19H22F3N7O2. The summed E-state index contributed by atoms with van der Waals surface area (Å²) in [6, 6.07) is 3.31. The monoisotopic (exact) mass is 437 g/mol. The summed E-state index contributed by atoms with van der Waals surface area (Å²) in [5.74, 6) is -0.177. The summed E-state index contributed by atoms with van der Waals surface area (Å²) in [6.45, 7) is 4.55. The molecule has 31 heavy (non-hydrogen) atoms. The summed E-state index contributed by atoms with van der Waals surface area (Å²) in [5, 5.41) is 8.52. The molecular weight excluding hydrogens is 415 g/mol. The highest BCUT2D eigenvalue weighted by Gasteiger charge is 2.41. The first-order valence-electron chi connectivity index (χ1n) is 9.70. The first-order valence-corrected chi connectivity index (χ1v) is 9.70. The fourth-order valence-corrected chi connectivity index (χ4v) is 4.03. The van der Waals surface area contributed by atoms with Crippen LogP contribution in [0.15, 0.2) is 29.3 Å². The van der Waals surface area contributed by atoms with Crippen molar-refractivity contribution in [2.75, 3.05) is 26.2 Å². The largest absolute Gasteiger partial charge is 0.401 e. The molecule has 1 aliphatic heterocycles. The second-order valence-corrected chi connectivity index (χ2v) is 8.27. The molecule has 4 heterocycles. The topological polar surface area (TPSA) is 91.5 Å². The van der Waals surface area contributed by atoms with Gasteiger partial charge in [-0.1, -0.05) is 0 Å². The Kier molecular flexibility index (Phi) is 4.91. The van der Waals surface area contributed by atoms with Gasteiger partial charge in [-0.05, 0) is 32.9 Å². The van der Waals surface area contributed by atoms with E-state index in [1.54, 1.807) is 44.0 Å². The third-order valence-corrected chi connectivity index (χ3v) is 5.46. The van der Waals surface area contributed by atoms with Gasteiger partial charge >= 0.3 is 6.18 Å². The molecule has 4 rings (SSSR count). The van der Waals surface area contributed by atoms with Crippen LogP contribution >= 0.6 is 0 Å². The highest BCUT2D eigenvalue weighted by molar-refractivity contribution is 5.95. The molecule has 0 bridgehead atoms. The first kappa shape index (κ1) is 21.1. The molecule has 0 aliphatic carbocycles. The number of nitrogens with one attached hydrogen (secondary N) is 1. The summed E-state index contributed by atoms with van der Waals surface area (Å²) in [6.07, 6.45) is -1.28. The van der Waals surface area contributed by atoms with Crippen LogP contribution in [0.25, 0.3) is 11.5 Å². The lowest BCUT2D eigenvalue weighted by Crippen LogP contribution is -2.62. The van der Waals surface area contributed by atoms with E-state index in [0.29, 0.717) is 16.8 Å². The third-order valence-electron chi connectivity index (χ3n) is 5.46. The van der Waals surface area contributed by atoms with E-state index in [0.717, 1.165) is 0 Å². The number of halogens is 3. The van der Waals surface area contributed by atoms with E-state index in [2.05, 4.69) is 15.2 Å². The first-order chi connectivity index (χ1) is 14.5. The standard InChI is InChI=1S/C19H22F3N7O2/c1-12-13(9-23-29(12)17-24-15(30)14-5-4-6-28(14)25-17)16(31)27-8-7-26(10-18(27,2)3)11-19(20,21)22/h4-6,9H,7-8,10-11H2,1-3H3,(H,24,25,30). The van der Waals surface area contributed by atoms with Gasteiger partial charge in [-0.15, -0.1) is 5.10 Å². The molecule has 1 amide bonds. The Morgan fingerprint density at radius 1 is 1.29 bits per heavy atom. The predicted molar refractivity (Wildman–Crippen MR) is 105 cm³/mol. The Morgan fingerprint density at radius 3 is 2.71 bits per heavy atom. The van der Waals surface area contributed by atoms with Crippen molar-refractivity contribution in [3.63, 3.8) is 0 Å². The molecule has 0 radical (unpaired) electrons. The molecule has 0 aromatic carbocycles. The van der Waals surface area contributed by atoms with E-state index >= 15 is 0 Å². The quantitative estimate of drug-likeness (QED) is 0.672. The summed E-state index contributed by atoms with van der Waals surface area (Å²) in [7, 11) is 0. The average Bonchev–Trinajstić information content (AvgIpc) is 3.25. The van der Waals surface area contributed by atoms with Crippen LogP contribution in [0.1, 0.15) is 29.9 Å². The number of fused-ring (bicyclic) bond motifs is 1. The zero-order chi connectivity index (χ0) is 22.6. The van der Waals surface area contributed by atoms with Crippen LogP contribution in [0.3, 0.4) is 0 Å². The number of piperazine rings is 1.